The summed E-state index contributed by atoms with van der Waals surface area (Å²) in [5, 5.41) is 8.98. The number of anilines is 1. The minimum Gasteiger partial charge on any atom is -0.487 e. The van der Waals surface area contributed by atoms with Crippen LogP contribution in [0.1, 0.15) is 61.0 Å². The third-order valence-corrected chi connectivity index (χ3v) is 8.62. The van der Waals surface area contributed by atoms with Crippen molar-refractivity contribution < 1.29 is 36.2 Å². The number of sulfonamides is 1. The smallest absolute Gasteiger partial charge is 0.416 e. The molecule has 1 aliphatic rings. The predicted octanol–water partition coefficient (Wildman–Crippen LogP) is 5.69. The highest BCUT2D eigenvalue weighted by atomic mass is 32.2. The zero-order valence-corrected chi connectivity index (χ0v) is 19.1. The summed E-state index contributed by atoms with van der Waals surface area (Å²) in [7, 11) is -3.92. The number of nitrogens with one attached hydrogen (secondary N) is 1. The first-order chi connectivity index (χ1) is 15.4. The quantitative estimate of drug-likeness (QED) is 0.501. The summed E-state index contributed by atoms with van der Waals surface area (Å²) in [6, 6.07) is 8.29. The van der Waals surface area contributed by atoms with Crippen molar-refractivity contribution in [2.75, 3.05) is 4.72 Å². The fourth-order valence-corrected chi connectivity index (χ4v) is 6.29. The van der Waals surface area contributed by atoms with E-state index in [0.717, 1.165) is 31.0 Å². The summed E-state index contributed by atoms with van der Waals surface area (Å²) in [4.78, 5) is 11.0. The molecular weight excluding hydrogens is 459 g/mol. The highest BCUT2D eigenvalue weighted by Crippen LogP contribution is 2.44. The molecule has 1 fully saturated rings. The van der Waals surface area contributed by atoms with Gasteiger partial charge in [-0.25, -0.2) is 13.2 Å². The number of ether oxygens (including phenoxy) is 1. The van der Waals surface area contributed by atoms with Crippen LogP contribution >= 0.6 is 0 Å². The summed E-state index contributed by atoms with van der Waals surface area (Å²) < 4.78 is 73.6. The standard InChI is InChI=1S/C23H26F3NO5S/c1-15(2)22(11-3-4-12-22)33(30,31)27-19-10-9-18(23(24,25)26)13-20(19)32-14-16-5-7-17(8-6-16)21(28)29/h5-10,13,15,27H,3-4,11-12,14H2,1-2H3,(H,28,29). The van der Waals surface area contributed by atoms with Crippen LogP contribution in [0, 0.1) is 5.92 Å². The van der Waals surface area contributed by atoms with E-state index in [4.69, 9.17) is 9.84 Å². The average molecular weight is 486 g/mol. The zero-order chi connectivity index (χ0) is 24.4. The van der Waals surface area contributed by atoms with Gasteiger partial charge in [0.05, 0.1) is 21.6 Å². The minimum absolute atomic E-state index is 0.0572. The molecule has 6 nitrogen and oxygen atoms in total. The minimum atomic E-state index is -4.64. The van der Waals surface area contributed by atoms with Crippen LogP contribution in [0.5, 0.6) is 5.75 Å². The van der Waals surface area contributed by atoms with Crippen LogP contribution in [0.15, 0.2) is 42.5 Å². The molecule has 0 unspecified atom stereocenters. The monoisotopic (exact) mass is 485 g/mol. The summed E-state index contributed by atoms with van der Waals surface area (Å²) in [6.07, 6.45) is -2.15. The van der Waals surface area contributed by atoms with Gasteiger partial charge in [-0.05, 0) is 54.7 Å². The molecule has 0 aromatic heterocycles. The second kappa shape index (κ2) is 9.24. The van der Waals surface area contributed by atoms with Gasteiger partial charge in [0, 0.05) is 0 Å². The number of rotatable bonds is 8. The molecule has 0 aliphatic heterocycles. The molecule has 0 radical (unpaired) electrons. The van der Waals surface area contributed by atoms with E-state index < -0.39 is 32.5 Å². The molecule has 2 aromatic carbocycles. The van der Waals surface area contributed by atoms with Gasteiger partial charge < -0.3 is 9.84 Å². The van der Waals surface area contributed by atoms with Crippen molar-refractivity contribution in [1.29, 1.82) is 0 Å². The lowest BCUT2D eigenvalue weighted by Gasteiger charge is -2.33. The third kappa shape index (κ3) is 5.26. The number of halogens is 3. The van der Waals surface area contributed by atoms with Gasteiger partial charge in [-0.3, -0.25) is 4.72 Å². The van der Waals surface area contributed by atoms with Crippen LogP contribution in [0.25, 0.3) is 0 Å². The molecule has 10 heteroatoms. The van der Waals surface area contributed by atoms with Gasteiger partial charge >= 0.3 is 12.1 Å². The predicted molar refractivity (Wildman–Crippen MR) is 118 cm³/mol. The largest absolute Gasteiger partial charge is 0.487 e. The van der Waals surface area contributed by atoms with Crippen LogP contribution in [0.4, 0.5) is 18.9 Å². The van der Waals surface area contributed by atoms with Gasteiger partial charge in [0.1, 0.15) is 12.4 Å². The number of carbonyl (C=O) groups is 1. The first-order valence-electron chi connectivity index (χ1n) is 10.5. The molecule has 33 heavy (non-hydrogen) atoms. The molecule has 2 N–H and O–H groups in total. The Morgan fingerprint density at radius 1 is 1.12 bits per heavy atom. The Morgan fingerprint density at radius 2 is 1.73 bits per heavy atom. The van der Waals surface area contributed by atoms with Crippen molar-refractivity contribution in [2.24, 2.45) is 5.92 Å². The van der Waals surface area contributed by atoms with Crippen LogP contribution in [0.2, 0.25) is 0 Å². The molecule has 180 valence electrons. The molecule has 0 saturated heterocycles. The molecule has 1 aliphatic carbocycles. The second-order valence-corrected chi connectivity index (χ2v) is 10.6. The lowest BCUT2D eigenvalue weighted by Crippen LogP contribution is -2.44. The van der Waals surface area contributed by atoms with Crippen molar-refractivity contribution >= 4 is 21.7 Å². The number of benzene rings is 2. The molecule has 0 atom stereocenters. The fourth-order valence-electron chi connectivity index (χ4n) is 4.18. The van der Waals surface area contributed by atoms with Crippen molar-refractivity contribution in [2.45, 2.75) is 57.1 Å². The van der Waals surface area contributed by atoms with Crippen LogP contribution in [-0.2, 0) is 22.8 Å². The lowest BCUT2D eigenvalue weighted by atomic mass is 9.93. The Labute approximate surface area is 190 Å². The molecule has 0 spiro atoms. The zero-order valence-electron chi connectivity index (χ0n) is 18.3. The number of hydrogen-bond donors (Lipinski definition) is 2. The number of alkyl halides is 3. The van der Waals surface area contributed by atoms with Gasteiger partial charge in [-0.1, -0.05) is 38.8 Å². The summed E-state index contributed by atoms with van der Waals surface area (Å²) in [6.45, 7) is 3.48. The summed E-state index contributed by atoms with van der Waals surface area (Å²) in [5.74, 6) is -1.54. The van der Waals surface area contributed by atoms with E-state index >= 15 is 0 Å². The van der Waals surface area contributed by atoms with Crippen LogP contribution in [0.3, 0.4) is 0 Å². The lowest BCUT2D eigenvalue weighted by molar-refractivity contribution is -0.137. The van der Waals surface area contributed by atoms with Crippen molar-refractivity contribution in [3.05, 3.63) is 59.2 Å². The Balaban J connectivity index is 1.92. The van der Waals surface area contributed by atoms with E-state index in [2.05, 4.69) is 4.72 Å². The van der Waals surface area contributed by atoms with E-state index in [1.165, 1.54) is 24.3 Å². The third-order valence-electron chi connectivity index (χ3n) is 6.19. The summed E-state index contributed by atoms with van der Waals surface area (Å²) >= 11 is 0. The van der Waals surface area contributed by atoms with E-state index in [0.29, 0.717) is 18.4 Å². The van der Waals surface area contributed by atoms with E-state index in [-0.39, 0.29) is 29.5 Å². The van der Waals surface area contributed by atoms with E-state index in [1.807, 2.05) is 13.8 Å². The molecule has 0 amide bonds. The Hall–Kier alpha value is -2.75. The highest BCUT2D eigenvalue weighted by Gasteiger charge is 2.48. The van der Waals surface area contributed by atoms with Crippen molar-refractivity contribution in [1.82, 2.24) is 0 Å². The van der Waals surface area contributed by atoms with Gasteiger partial charge in [0.2, 0.25) is 10.0 Å². The SMILES string of the molecule is CC(C)C1(S(=O)(=O)Nc2ccc(C(F)(F)F)cc2OCc2ccc(C(=O)O)cc2)CCCC1. The molecule has 1 saturated carbocycles. The molecule has 2 aromatic rings. The molecule has 3 rings (SSSR count). The molecule has 0 bridgehead atoms. The van der Waals surface area contributed by atoms with Crippen LogP contribution < -0.4 is 9.46 Å². The second-order valence-electron chi connectivity index (χ2n) is 8.53. The first-order valence-corrected chi connectivity index (χ1v) is 12.0. The maximum Gasteiger partial charge on any atom is 0.416 e. The van der Waals surface area contributed by atoms with Crippen molar-refractivity contribution in [3.63, 3.8) is 0 Å². The van der Waals surface area contributed by atoms with E-state index in [9.17, 15) is 26.4 Å². The average Bonchev–Trinajstić information content (AvgIpc) is 3.24. The van der Waals surface area contributed by atoms with Gasteiger partial charge in [0.15, 0.2) is 0 Å². The van der Waals surface area contributed by atoms with E-state index in [1.54, 1.807) is 0 Å². The Bertz CT molecular complexity index is 1110. The normalized spacial score (nSPS) is 16.1. The Morgan fingerprint density at radius 3 is 2.24 bits per heavy atom. The highest BCUT2D eigenvalue weighted by molar-refractivity contribution is 7.94. The Kier molecular flexibility index (Phi) is 6.97. The number of carboxylic acids is 1. The maximum atomic E-state index is 13.3. The van der Waals surface area contributed by atoms with Crippen LogP contribution in [-0.4, -0.2) is 24.2 Å². The fraction of sp³-hybridized carbons (Fsp3) is 0.435. The molecule has 0 heterocycles. The topological polar surface area (TPSA) is 92.7 Å². The number of hydrogen-bond acceptors (Lipinski definition) is 4. The van der Waals surface area contributed by atoms with Gasteiger partial charge in [-0.15, -0.1) is 0 Å². The first kappa shape index (κ1) is 24.9. The summed E-state index contributed by atoms with van der Waals surface area (Å²) in [5.41, 5.74) is -0.472. The van der Waals surface area contributed by atoms with Gasteiger partial charge in [0.25, 0.3) is 0 Å². The number of aromatic carboxylic acids is 1. The molecular formula is C23H26F3NO5S. The maximum absolute atomic E-state index is 13.3. The number of carboxylic acid groups (broad SMARTS) is 1. The van der Waals surface area contributed by atoms with Crippen molar-refractivity contribution in [3.8, 4) is 5.75 Å². The van der Waals surface area contributed by atoms with Gasteiger partial charge in [-0.2, -0.15) is 13.2 Å².